The number of aryl methyl sites for hydroxylation is 2. The quantitative estimate of drug-likeness (QED) is 0.430. The van der Waals surface area contributed by atoms with Crippen molar-refractivity contribution in [1.29, 1.82) is 0 Å². The van der Waals surface area contributed by atoms with Crippen LogP contribution in [0.5, 0.6) is 0 Å². The highest BCUT2D eigenvalue weighted by Crippen LogP contribution is 2.27. The van der Waals surface area contributed by atoms with Crippen molar-refractivity contribution in [3.05, 3.63) is 101 Å². The van der Waals surface area contributed by atoms with E-state index in [0.29, 0.717) is 5.82 Å². The highest BCUT2D eigenvalue weighted by Gasteiger charge is 2.37. The first-order valence-electron chi connectivity index (χ1n) is 12.1. The van der Waals surface area contributed by atoms with Gasteiger partial charge in [-0.05, 0) is 48.2 Å². The Morgan fingerprint density at radius 1 is 0.889 bits per heavy atom. The molecule has 0 aliphatic carbocycles. The van der Waals surface area contributed by atoms with Crippen LogP contribution < -0.4 is 0 Å². The summed E-state index contributed by atoms with van der Waals surface area (Å²) in [6, 6.07) is 22.1. The van der Waals surface area contributed by atoms with Gasteiger partial charge in [0, 0.05) is 18.5 Å². The number of benzene rings is 3. The van der Waals surface area contributed by atoms with E-state index in [1.807, 2.05) is 100 Å². The maximum absolute atomic E-state index is 13.6. The molecular formula is C29H30N4O3. The zero-order valence-electron chi connectivity index (χ0n) is 21.0. The highest BCUT2D eigenvalue weighted by atomic mass is 16.4. The number of carboxylic acids is 1. The zero-order chi connectivity index (χ0) is 25.8. The summed E-state index contributed by atoms with van der Waals surface area (Å²) in [5.74, 6) is -1.04. The Bertz CT molecular complexity index is 1390. The molecule has 0 radical (unpaired) electrons. The summed E-state index contributed by atoms with van der Waals surface area (Å²) in [7, 11) is 0. The van der Waals surface area contributed by atoms with E-state index < -0.39 is 17.9 Å². The minimum absolute atomic E-state index is 0.0253. The molecule has 4 aromatic rings. The van der Waals surface area contributed by atoms with Crippen LogP contribution in [-0.4, -0.2) is 42.7 Å². The fourth-order valence-corrected chi connectivity index (χ4v) is 4.30. The van der Waals surface area contributed by atoms with Gasteiger partial charge < -0.3 is 10.0 Å². The number of hydrogen-bond acceptors (Lipinski definition) is 4. The van der Waals surface area contributed by atoms with Crippen LogP contribution in [0.1, 0.15) is 46.7 Å². The number of hydrogen-bond donors (Lipinski definition) is 1. The van der Waals surface area contributed by atoms with Gasteiger partial charge in [0.2, 0.25) is 5.82 Å². The van der Waals surface area contributed by atoms with Crippen LogP contribution in [0.25, 0.3) is 17.1 Å². The van der Waals surface area contributed by atoms with Crippen LogP contribution in [0.3, 0.4) is 0 Å². The van der Waals surface area contributed by atoms with Crippen molar-refractivity contribution in [3.63, 3.8) is 0 Å². The van der Waals surface area contributed by atoms with Crippen LogP contribution in [0.2, 0.25) is 0 Å². The molecule has 3 aromatic carbocycles. The van der Waals surface area contributed by atoms with E-state index >= 15 is 0 Å². The Morgan fingerprint density at radius 3 is 2.22 bits per heavy atom. The maximum atomic E-state index is 13.6. The molecule has 0 saturated heterocycles. The maximum Gasteiger partial charge on any atom is 0.326 e. The molecule has 1 atom stereocenters. The molecule has 5 rings (SSSR count). The van der Waals surface area contributed by atoms with Crippen LogP contribution in [0.15, 0.2) is 72.8 Å². The topological polar surface area (TPSA) is 88.3 Å². The number of carbonyl (C=O) groups excluding carboxylic acids is 1. The van der Waals surface area contributed by atoms with Crippen molar-refractivity contribution in [3.8, 4) is 17.1 Å². The van der Waals surface area contributed by atoms with Gasteiger partial charge in [0.05, 0.1) is 5.69 Å². The summed E-state index contributed by atoms with van der Waals surface area (Å²) in [5.41, 5.74) is 5.72. The lowest BCUT2D eigenvalue weighted by atomic mass is 9.94. The second-order valence-corrected chi connectivity index (χ2v) is 8.57. The van der Waals surface area contributed by atoms with Gasteiger partial charge in [-0.2, -0.15) is 0 Å². The Hall–Kier alpha value is -4.26. The first kappa shape index (κ1) is 24.9. The number of nitrogens with zero attached hydrogens (tertiary/aromatic N) is 4. The van der Waals surface area contributed by atoms with Gasteiger partial charge in [0.1, 0.15) is 6.04 Å². The molecule has 7 nitrogen and oxygen atoms in total. The minimum Gasteiger partial charge on any atom is -0.480 e. The van der Waals surface area contributed by atoms with E-state index in [0.717, 1.165) is 33.5 Å². The Morgan fingerprint density at radius 2 is 1.56 bits per heavy atom. The van der Waals surface area contributed by atoms with E-state index in [2.05, 4.69) is 10.1 Å². The third kappa shape index (κ3) is 4.77. The van der Waals surface area contributed by atoms with E-state index in [-0.39, 0.29) is 18.8 Å². The summed E-state index contributed by atoms with van der Waals surface area (Å²) < 4.78 is 1.66. The number of aromatic nitrogens is 3. The van der Waals surface area contributed by atoms with E-state index in [4.69, 9.17) is 0 Å². The Labute approximate surface area is 211 Å². The third-order valence-electron chi connectivity index (χ3n) is 6.36. The first-order chi connectivity index (χ1) is 17.4. The Balaban J connectivity index is 0.00000148. The summed E-state index contributed by atoms with van der Waals surface area (Å²) >= 11 is 0. The van der Waals surface area contributed by atoms with Crippen molar-refractivity contribution in [2.75, 3.05) is 0 Å². The molecule has 0 unspecified atom stereocenters. The average Bonchev–Trinajstić information content (AvgIpc) is 3.36. The average molecular weight is 483 g/mol. The predicted octanol–water partition coefficient (Wildman–Crippen LogP) is 5.23. The SMILES string of the molecule is CC.Cc1ccc(-n2nc(C(=O)N3Cc4ccccc4C[C@H]3C(=O)O)nc2-c2ccccc2)cc1C. The number of rotatable bonds is 4. The molecule has 1 N–H and O–H groups in total. The number of fused-ring (bicyclic) bond motifs is 1. The van der Waals surface area contributed by atoms with Crippen LogP contribution in [0.4, 0.5) is 0 Å². The second kappa shape index (κ2) is 10.6. The molecule has 1 aliphatic heterocycles. The van der Waals surface area contributed by atoms with Crippen molar-refractivity contribution in [1.82, 2.24) is 19.7 Å². The largest absolute Gasteiger partial charge is 0.480 e. The van der Waals surface area contributed by atoms with Crippen molar-refractivity contribution < 1.29 is 14.7 Å². The van der Waals surface area contributed by atoms with Crippen LogP contribution in [-0.2, 0) is 17.8 Å². The molecule has 184 valence electrons. The predicted molar refractivity (Wildman–Crippen MR) is 139 cm³/mol. The summed E-state index contributed by atoms with van der Waals surface area (Å²) in [4.78, 5) is 31.6. The van der Waals surface area contributed by atoms with Crippen LogP contribution >= 0.6 is 0 Å². The number of carbonyl (C=O) groups is 2. The lowest BCUT2D eigenvalue weighted by Gasteiger charge is -2.33. The Kier molecular flexibility index (Phi) is 7.29. The molecule has 36 heavy (non-hydrogen) atoms. The molecule has 1 aliphatic rings. The van der Waals surface area contributed by atoms with Gasteiger partial charge in [-0.25, -0.2) is 14.5 Å². The molecule has 0 saturated carbocycles. The number of aliphatic carboxylic acids is 1. The fourth-order valence-electron chi connectivity index (χ4n) is 4.30. The van der Waals surface area contributed by atoms with Gasteiger partial charge in [0.15, 0.2) is 5.82 Å². The van der Waals surface area contributed by atoms with Crippen molar-refractivity contribution >= 4 is 11.9 Å². The van der Waals surface area contributed by atoms with E-state index in [9.17, 15) is 14.7 Å². The van der Waals surface area contributed by atoms with E-state index in [1.54, 1.807) is 4.68 Å². The number of carboxylic acid groups (broad SMARTS) is 1. The van der Waals surface area contributed by atoms with Crippen LogP contribution in [0, 0.1) is 13.8 Å². The molecule has 7 heteroatoms. The van der Waals surface area contributed by atoms with Crippen molar-refractivity contribution in [2.45, 2.75) is 46.7 Å². The van der Waals surface area contributed by atoms with Gasteiger partial charge >= 0.3 is 5.97 Å². The lowest BCUT2D eigenvalue weighted by molar-refractivity contribution is -0.142. The van der Waals surface area contributed by atoms with Gasteiger partial charge in [-0.15, -0.1) is 5.10 Å². The fraction of sp³-hybridized carbons (Fsp3) is 0.241. The third-order valence-corrected chi connectivity index (χ3v) is 6.36. The molecule has 0 spiro atoms. The molecule has 2 heterocycles. The highest BCUT2D eigenvalue weighted by molar-refractivity contribution is 5.94. The molecule has 0 fully saturated rings. The monoisotopic (exact) mass is 482 g/mol. The normalized spacial score (nSPS) is 14.4. The molecule has 1 amide bonds. The standard InChI is InChI=1S/C27H24N4O3.C2H6/c1-17-12-13-22(14-18(17)2)31-25(19-8-4-3-5-9-19)28-24(29-31)26(32)30-16-21-11-7-6-10-20(21)15-23(30)27(33)34;1-2/h3-14,23H,15-16H2,1-2H3,(H,33,34);1-2H3/t23-;/m0./s1. The lowest BCUT2D eigenvalue weighted by Crippen LogP contribution is -2.49. The molecular weight excluding hydrogens is 452 g/mol. The van der Waals surface area contributed by atoms with E-state index in [1.165, 1.54) is 4.90 Å². The zero-order valence-corrected chi connectivity index (χ0v) is 21.0. The summed E-state index contributed by atoms with van der Waals surface area (Å²) in [6.07, 6.45) is 0.251. The van der Waals surface area contributed by atoms with Crippen molar-refractivity contribution in [2.24, 2.45) is 0 Å². The smallest absolute Gasteiger partial charge is 0.326 e. The second-order valence-electron chi connectivity index (χ2n) is 8.57. The summed E-state index contributed by atoms with van der Waals surface area (Å²) in [6.45, 7) is 8.26. The summed E-state index contributed by atoms with van der Waals surface area (Å²) in [5, 5.41) is 14.4. The van der Waals surface area contributed by atoms with Gasteiger partial charge in [-0.3, -0.25) is 4.79 Å². The van der Waals surface area contributed by atoms with Gasteiger partial charge in [-0.1, -0.05) is 74.5 Å². The molecule has 1 aromatic heterocycles. The van der Waals surface area contributed by atoms with Gasteiger partial charge in [0.25, 0.3) is 5.91 Å². The first-order valence-corrected chi connectivity index (χ1v) is 12.1. The minimum atomic E-state index is -1.04. The number of amides is 1. The molecule has 0 bridgehead atoms.